The molecule has 6 aromatic carbocycles. The molecule has 0 spiro atoms. The van der Waals surface area contributed by atoms with Crippen molar-refractivity contribution in [2.45, 2.75) is 0 Å². The van der Waals surface area contributed by atoms with Crippen LogP contribution >= 0.6 is 0 Å². The van der Waals surface area contributed by atoms with Gasteiger partial charge in [0.05, 0.1) is 71.1 Å². The van der Waals surface area contributed by atoms with E-state index in [1.54, 1.807) is 67.8 Å². The first kappa shape index (κ1) is 53.7. The highest BCUT2D eigenvalue weighted by Crippen LogP contribution is 2.42. The van der Waals surface area contributed by atoms with Crippen LogP contribution in [0, 0.1) is 0 Å². The Kier molecular flexibility index (Phi) is 16.1. The standard InChI is InChI=1S/C20H20O7.C19H18O7.C16H12O7/c1-22-12-9-15(25-4)17-16(10-12)27-19(20(26-5)18(17)21)11-6-7-13(23-2)14(8-11)24-3;1-22-11-8-14(25-4)16-15(9-11)26-19(18(21)17(16)20)10-5-6-12(23-2)13(7-10)24-3;1-22-16-14(21)13-11(20)5-8(17)6-12(13)23-15(16)7-2-3-9(18)10(19)4-7/h6-10H,1-5H3;5-9,21H,1-4H3;2-6,17-20H,1H3. The van der Waals surface area contributed by atoms with Gasteiger partial charge >= 0.3 is 0 Å². The first-order valence-electron chi connectivity index (χ1n) is 22.3. The van der Waals surface area contributed by atoms with Gasteiger partial charge in [-0.1, -0.05) is 0 Å². The summed E-state index contributed by atoms with van der Waals surface area (Å²) in [6.07, 6.45) is 0. The zero-order valence-corrected chi connectivity index (χ0v) is 42.4. The maximum Gasteiger partial charge on any atom is 0.239 e. The lowest BCUT2D eigenvalue weighted by molar-refractivity contribution is 0.355. The average molecular weight is 1050 g/mol. The van der Waals surface area contributed by atoms with Crippen LogP contribution in [0.1, 0.15) is 0 Å². The third kappa shape index (κ3) is 10.3. The van der Waals surface area contributed by atoms with E-state index in [0.29, 0.717) is 57.0 Å². The number of benzene rings is 6. The molecule has 396 valence electrons. The number of rotatable bonds is 13. The molecule has 21 heteroatoms. The van der Waals surface area contributed by atoms with Crippen molar-refractivity contribution >= 4 is 32.9 Å². The Bertz CT molecular complexity index is 3820. The summed E-state index contributed by atoms with van der Waals surface area (Å²) in [6.45, 7) is 0. The highest BCUT2D eigenvalue weighted by Gasteiger charge is 2.24. The summed E-state index contributed by atoms with van der Waals surface area (Å²) in [4.78, 5) is 38.2. The Balaban J connectivity index is 0.000000166. The zero-order chi connectivity index (χ0) is 55.1. The molecule has 0 aliphatic rings. The predicted octanol–water partition coefficient (Wildman–Crippen LogP) is 8.99. The Hall–Kier alpha value is -10.1. The maximum absolute atomic E-state index is 13.0. The normalized spacial score (nSPS) is 10.7. The van der Waals surface area contributed by atoms with Gasteiger partial charge in [-0.15, -0.1) is 0 Å². The van der Waals surface area contributed by atoms with Crippen LogP contribution in [0.4, 0.5) is 0 Å². The fourth-order valence-corrected chi connectivity index (χ4v) is 7.89. The van der Waals surface area contributed by atoms with Crippen LogP contribution in [0.5, 0.6) is 86.2 Å². The third-order valence-corrected chi connectivity index (χ3v) is 11.6. The molecular formula is C55H50O21. The Labute approximate surface area is 430 Å². The molecule has 0 saturated carbocycles. The summed E-state index contributed by atoms with van der Waals surface area (Å²) in [5.74, 6) is 1.79. The van der Waals surface area contributed by atoms with Gasteiger partial charge in [0, 0.05) is 53.1 Å². The molecule has 76 heavy (non-hydrogen) atoms. The summed E-state index contributed by atoms with van der Waals surface area (Å²) in [6, 6.07) is 22.5. The number of phenolic OH excluding ortho intramolecular Hbond substituents is 4. The van der Waals surface area contributed by atoms with E-state index >= 15 is 0 Å². The van der Waals surface area contributed by atoms with Crippen LogP contribution in [0.15, 0.2) is 119 Å². The van der Waals surface area contributed by atoms with Crippen molar-refractivity contribution in [3.8, 4) is 120 Å². The van der Waals surface area contributed by atoms with Crippen LogP contribution < -0.4 is 63.7 Å². The summed E-state index contributed by atoms with van der Waals surface area (Å²) in [7, 11) is 14.7. The smallest absolute Gasteiger partial charge is 0.239 e. The minimum atomic E-state index is -0.631. The molecule has 9 rings (SSSR count). The summed E-state index contributed by atoms with van der Waals surface area (Å²) in [5, 5.41) is 49.1. The SMILES string of the molecule is COc1c(-c2ccc(O)c(O)c2)oc2cc(O)cc(O)c2c1=O.COc1cc(OC)c2c(=O)c(O)c(-c3ccc(OC)c(OC)c3)oc2c1.COc1cc(OC)c2c(=O)c(OC)c(-c3ccc(OC)c(OC)c3)oc2c1. The van der Waals surface area contributed by atoms with Crippen molar-refractivity contribution in [2.24, 2.45) is 0 Å². The highest BCUT2D eigenvalue weighted by atomic mass is 16.5. The lowest BCUT2D eigenvalue weighted by Crippen LogP contribution is -2.09. The second-order valence-corrected chi connectivity index (χ2v) is 15.8. The van der Waals surface area contributed by atoms with Crippen molar-refractivity contribution in [1.82, 2.24) is 0 Å². The molecule has 0 unspecified atom stereocenters. The number of phenols is 4. The number of hydrogen-bond donors (Lipinski definition) is 5. The lowest BCUT2D eigenvalue weighted by atomic mass is 10.1. The van der Waals surface area contributed by atoms with Crippen LogP contribution in [0.25, 0.3) is 66.9 Å². The van der Waals surface area contributed by atoms with Gasteiger partial charge in [0.2, 0.25) is 33.5 Å². The number of hydrogen-bond acceptors (Lipinski definition) is 21. The van der Waals surface area contributed by atoms with Crippen molar-refractivity contribution in [2.75, 3.05) is 71.1 Å². The number of ether oxygens (including phenoxy) is 10. The van der Waals surface area contributed by atoms with Crippen molar-refractivity contribution < 1.29 is 86.2 Å². The van der Waals surface area contributed by atoms with Gasteiger partial charge in [-0.05, 0) is 54.6 Å². The molecule has 0 bridgehead atoms. The number of methoxy groups -OCH3 is 10. The average Bonchev–Trinajstić information content (AvgIpc) is 3.45. The van der Waals surface area contributed by atoms with Crippen molar-refractivity contribution in [1.29, 1.82) is 0 Å². The molecule has 0 atom stereocenters. The second-order valence-electron chi connectivity index (χ2n) is 15.8. The molecule has 0 aliphatic heterocycles. The highest BCUT2D eigenvalue weighted by molar-refractivity contribution is 5.91. The van der Waals surface area contributed by atoms with Crippen LogP contribution in [0.3, 0.4) is 0 Å². The van der Waals surface area contributed by atoms with E-state index in [2.05, 4.69) is 0 Å². The summed E-state index contributed by atoms with van der Waals surface area (Å²) >= 11 is 0. The van der Waals surface area contributed by atoms with E-state index in [-0.39, 0.29) is 84.3 Å². The number of aromatic hydroxyl groups is 5. The Morgan fingerprint density at radius 3 is 1.18 bits per heavy atom. The quantitative estimate of drug-likeness (QED) is 0.0673. The fraction of sp³-hybridized carbons (Fsp3) is 0.182. The minimum absolute atomic E-state index is 0.00898. The van der Waals surface area contributed by atoms with Gasteiger partial charge in [-0.25, -0.2) is 0 Å². The van der Waals surface area contributed by atoms with Crippen molar-refractivity contribution in [3.63, 3.8) is 0 Å². The molecule has 5 N–H and O–H groups in total. The Morgan fingerprint density at radius 2 is 0.737 bits per heavy atom. The molecule has 0 fully saturated rings. The van der Waals surface area contributed by atoms with Crippen LogP contribution in [-0.2, 0) is 0 Å². The first-order chi connectivity index (χ1) is 36.5. The van der Waals surface area contributed by atoms with Crippen LogP contribution in [0.2, 0.25) is 0 Å². The monoisotopic (exact) mass is 1050 g/mol. The van der Waals surface area contributed by atoms with Crippen LogP contribution in [-0.4, -0.2) is 96.6 Å². The van der Waals surface area contributed by atoms with E-state index in [9.17, 15) is 39.9 Å². The van der Waals surface area contributed by atoms with Gasteiger partial charge in [-0.2, -0.15) is 0 Å². The van der Waals surface area contributed by atoms with E-state index < -0.39 is 28.1 Å². The van der Waals surface area contributed by atoms with E-state index in [1.165, 1.54) is 88.3 Å². The van der Waals surface area contributed by atoms with Gasteiger partial charge < -0.3 is 86.2 Å². The fourth-order valence-electron chi connectivity index (χ4n) is 7.89. The first-order valence-corrected chi connectivity index (χ1v) is 22.3. The van der Waals surface area contributed by atoms with E-state index in [0.717, 1.165) is 6.07 Å². The molecule has 0 radical (unpaired) electrons. The van der Waals surface area contributed by atoms with Gasteiger partial charge in [0.15, 0.2) is 51.8 Å². The second kappa shape index (κ2) is 22.8. The molecule has 3 heterocycles. The number of fused-ring (bicyclic) bond motifs is 3. The topological polar surface area (TPSA) is 284 Å². The van der Waals surface area contributed by atoms with Crippen molar-refractivity contribution in [3.05, 3.63) is 122 Å². The predicted molar refractivity (Wildman–Crippen MR) is 278 cm³/mol. The largest absolute Gasteiger partial charge is 0.508 e. The molecule has 3 aromatic heterocycles. The van der Waals surface area contributed by atoms with Gasteiger partial charge in [-0.3, -0.25) is 14.4 Å². The lowest BCUT2D eigenvalue weighted by Gasteiger charge is -2.13. The molecule has 0 amide bonds. The van der Waals surface area contributed by atoms with Gasteiger partial charge in [0.25, 0.3) is 0 Å². The maximum atomic E-state index is 13.0. The zero-order valence-electron chi connectivity index (χ0n) is 42.4. The van der Waals surface area contributed by atoms with E-state index in [1.807, 2.05) is 0 Å². The third-order valence-electron chi connectivity index (χ3n) is 11.6. The van der Waals surface area contributed by atoms with Gasteiger partial charge in [0.1, 0.15) is 67.4 Å². The Morgan fingerprint density at radius 1 is 0.329 bits per heavy atom. The molecule has 0 saturated heterocycles. The summed E-state index contributed by atoms with van der Waals surface area (Å²) < 4.78 is 69.9. The van der Waals surface area contributed by atoms with E-state index in [4.69, 9.17) is 60.6 Å². The molecule has 0 aliphatic carbocycles. The summed E-state index contributed by atoms with van der Waals surface area (Å²) in [5.41, 5.74) is 0.268. The molecule has 21 nitrogen and oxygen atoms in total. The molecular weight excluding hydrogens is 997 g/mol. The minimum Gasteiger partial charge on any atom is -0.508 e. The molecule has 9 aromatic rings.